The second-order valence-electron chi connectivity index (χ2n) is 6.52. The molecule has 0 bridgehead atoms. The third-order valence-electron chi connectivity index (χ3n) is 3.83. The maximum absolute atomic E-state index is 12.8. The van der Waals surface area contributed by atoms with E-state index in [0.29, 0.717) is 25.3 Å². The maximum atomic E-state index is 12.8. The molecule has 0 spiro atoms. The number of nitrogens with two attached hydrogens (primary N) is 1. The Morgan fingerprint density at radius 1 is 1.20 bits per heavy atom. The summed E-state index contributed by atoms with van der Waals surface area (Å²) in [6.07, 6.45) is 2.78. The highest BCUT2D eigenvalue weighted by Crippen LogP contribution is 2.32. The van der Waals surface area contributed by atoms with Crippen molar-refractivity contribution in [1.82, 2.24) is 0 Å². The van der Waals surface area contributed by atoms with E-state index in [-0.39, 0.29) is 17.0 Å². The molecule has 0 amide bonds. The van der Waals surface area contributed by atoms with Gasteiger partial charge in [0.15, 0.2) is 0 Å². The van der Waals surface area contributed by atoms with Crippen LogP contribution in [0.5, 0.6) is 0 Å². The average molecular weight is 279 g/mol. The molecular formula is C17H26FNO. The van der Waals surface area contributed by atoms with Crippen molar-refractivity contribution in [2.45, 2.75) is 46.5 Å². The molecule has 1 atom stereocenters. The minimum atomic E-state index is -0.267. The molecule has 0 aliphatic rings. The van der Waals surface area contributed by atoms with Crippen molar-refractivity contribution in [1.29, 1.82) is 0 Å². The first-order chi connectivity index (χ1) is 9.32. The number of hydrogen-bond acceptors (Lipinski definition) is 2. The van der Waals surface area contributed by atoms with E-state index in [4.69, 9.17) is 5.73 Å². The number of rotatable bonds is 7. The number of hydrogen-bond donors (Lipinski definition) is 1. The van der Waals surface area contributed by atoms with Crippen molar-refractivity contribution in [3.05, 3.63) is 35.6 Å². The van der Waals surface area contributed by atoms with E-state index >= 15 is 0 Å². The average Bonchev–Trinajstić information content (AvgIpc) is 2.36. The number of carbonyl (C=O) groups is 1. The standard InChI is InChI=1S/C17H26FNO/c1-17(2,3)14(10-11-19)6-9-16(20)12-13-4-7-15(18)8-5-13/h4-5,7-8,14H,6,9-12,19H2,1-3H3. The van der Waals surface area contributed by atoms with Gasteiger partial charge in [-0.25, -0.2) is 4.39 Å². The molecule has 0 aliphatic carbocycles. The molecule has 0 radical (unpaired) electrons. The van der Waals surface area contributed by atoms with Crippen molar-refractivity contribution >= 4 is 5.78 Å². The molecule has 3 heteroatoms. The first-order valence-electron chi connectivity index (χ1n) is 7.29. The Bertz CT molecular complexity index is 420. The molecule has 1 unspecified atom stereocenters. The van der Waals surface area contributed by atoms with Gasteiger partial charge < -0.3 is 5.73 Å². The number of halogens is 1. The van der Waals surface area contributed by atoms with Crippen molar-refractivity contribution in [3.63, 3.8) is 0 Å². The zero-order valence-electron chi connectivity index (χ0n) is 12.8. The lowest BCUT2D eigenvalue weighted by atomic mass is 9.76. The first-order valence-corrected chi connectivity index (χ1v) is 7.29. The summed E-state index contributed by atoms with van der Waals surface area (Å²) in [5, 5.41) is 0. The zero-order valence-corrected chi connectivity index (χ0v) is 12.8. The SMILES string of the molecule is CC(C)(C)C(CCN)CCC(=O)Cc1ccc(F)cc1. The fourth-order valence-electron chi connectivity index (χ4n) is 2.47. The summed E-state index contributed by atoms with van der Waals surface area (Å²) in [5.74, 6) is 0.407. The van der Waals surface area contributed by atoms with E-state index in [9.17, 15) is 9.18 Å². The molecule has 0 heterocycles. The zero-order chi connectivity index (χ0) is 15.2. The van der Waals surface area contributed by atoms with Crippen LogP contribution in [0.2, 0.25) is 0 Å². The van der Waals surface area contributed by atoms with Crippen LogP contribution in [-0.4, -0.2) is 12.3 Å². The number of carbonyl (C=O) groups excluding carboxylic acids is 1. The van der Waals surface area contributed by atoms with Gasteiger partial charge in [0.05, 0.1) is 0 Å². The van der Waals surface area contributed by atoms with E-state index in [1.54, 1.807) is 12.1 Å². The highest BCUT2D eigenvalue weighted by atomic mass is 19.1. The molecule has 0 saturated carbocycles. The van der Waals surface area contributed by atoms with E-state index in [0.717, 1.165) is 18.4 Å². The molecule has 2 N–H and O–H groups in total. The molecule has 20 heavy (non-hydrogen) atoms. The Kier molecular flexibility index (Phi) is 6.34. The van der Waals surface area contributed by atoms with E-state index in [2.05, 4.69) is 20.8 Å². The Morgan fingerprint density at radius 3 is 2.30 bits per heavy atom. The lowest BCUT2D eigenvalue weighted by molar-refractivity contribution is -0.118. The third-order valence-corrected chi connectivity index (χ3v) is 3.83. The van der Waals surface area contributed by atoms with Gasteiger partial charge in [0, 0.05) is 12.8 Å². The molecular weight excluding hydrogens is 253 g/mol. The number of benzene rings is 1. The predicted molar refractivity (Wildman–Crippen MR) is 81.0 cm³/mol. The van der Waals surface area contributed by atoms with Crippen LogP contribution in [0, 0.1) is 17.2 Å². The second kappa shape index (κ2) is 7.53. The van der Waals surface area contributed by atoms with Crippen LogP contribution in [0.25, 0.3) is 0 Å². The molecule has 0 saturated heterocycles. The van der Waals surface area contributed by atoms with Gasteiger partial charge in [0.25, 0.3) is 0 Å². The Morgan fingerprint density at radius 2 is 1.80 bits per heavy atom. The Labute approximate surface area is 121 Å². The van der Waals surface area contributed by atoms with Crippen LogP contribution in [-0.2, 0) is 11.2 Å². The largest absolute Gasteiger partial charge is 0.330 e. The molecule has 2 nitrogen and oxygen atoms in total. The lowest BCUT2D eigenvalue weighted by Gasteiger charge is -2.30. The van der Waals surface area contributed by atoms with Crippen LogP contribution in [0.1, 0.15) is 45.6 Å². The fourth-order valence-corrected chi connectivity index (χ4v) is 2.47. The van der Waals surface area contributed by atoms with Crippen LogP contribution in [0.15, 0.2) is 24.3 Å². The van der Waals surface area contributed by atoms with Gasteiger partial charge in [-0.05, 0) is 48.4 Å². The Hall–Kier alpha value is -1.22. The quantitative estimate of drug-likeness (QED) is 0.826. The van der Waals surface area contributed by atoms with Gasteiger partial charge in [-0.15, -0.1) is 0 Å². The first kappa shape index (κ1) is 16.8. The number of Topliss-reactive ketones (excluding diaryl/α,β-unsaturated/α-hetero) is 1. The van der Waals surface area contributed by atoms with Crippen LogP contribution in [0.3, 0.4) is 0 Å². The van der Waals surface area contributed by atoms with Crippen molar-refractivity contribution in [3.8, 4) is 0 Å². The second-order valence-corrected chi connectivity index (χ2v) is 6.52. The molecule has 0 aromatic heterocycles. The van der Waals surface area contributed by atoms with Crippen molar-refractivity contribution < 1.29 is 9.18 Å². The normalized spacial score (nSPS) is 13.2. The van der Waals surface area contributed by atoms with Crippen molar-refractivity contribution in [2.75, 3.05) is 6.54 Å². The molecule has 112 valence electrons. The van der Waals surface area contributed by atoms with Crippen LogP contribution < -0.4 is 5.73 Å². The van der Waals surface area contributed by atoms with E-state index < -0.39 is 0 Å². The monoisotopic (exact) mass is 279 g/mol. The van der Waals surface area contributed by atoms with Gasteiger partial charge in [-0.1, -0.05) is 32.9 Å². The van der Waals surface area contributed by atoms with Gasteiger partial charge in [0.1, 0.15) is 11.6 Å². The molecule has 1 aromatic rings. The lowest BCUT2D eigenvalue weighted by Crippen LogP contribution is -2.24. The Balaban J connectivity index is 2.47. The van der Waals surface area contributed by atoms with Gasteiger partial charge >= 0.3 is 0 Å². The summed E-state index contributed by atoms with van der Waals surface area (Å²) in [4.78, 5) is 12.0. The van der Waals surface area contributed by atoms with E-state index in [1.807, 2.05) is 0 Å². The van der Waals surface area contributed by atoms with Gasteiger partial charge in [-0.3, -0.25) is 4.79 Å². The predicted octanol–water partition coefficient (Wildman–Crippen LogP) is 3.73. The van der Waals surface area contributed by atoms with Gasteiger partial charge in [0.2, 0.25) is 0 Å². The summed E-state index contributed by atoms with van der Waals surface area (Å²) >= 11 is 0. The summed E-state index contributed by atoms with van der Waals surface area (Å²) in [6, 6.07) is 6.15. The minimum absolute atomic E-state index is 0.176. The summed E-state index contributed by atoms with van der Waals surface area (Å²) in [7, 11) is 0. The smallest absolute Gasteiger partial charge is 0.137 e. The minimum Gasteiger partial charge on any atom is -0.330 e. The molecule has 0 aliphatic heterocycles. The highest BCUT2D eigenvalue weighted by molar-refractivity contribution is 5.80. The highest BCUT2D eigenvalue weighted by Gasteiger charge is 2.24. The summed E-state index contributed by atoms with van der Waals surface area (Å²) < 4.78 is 12.8. The molecule has 1 rings (SSSR count). The topological polar surface area (TPSA) is 43.1 Å². The maximum Gasteiger partial charge on any atom is 0.137 e. The summed E-state index contributed by atoms with van der Waals surface area (Å²) in [6.45, 7) is 7.24. The summed E-state index contributed by atoms with van der Waals surface area (Å²) in [5.41, 5.74) is 6.70. The number of ketones is 1. The van der Waals surface area contributed by atoms with Crippen LogP contribution >= 0.6 is 0 Å². The van der Waals surface area contributed by atoms with Crippen molar-refractivity contribution in [2.24, 2.45) is 17.1 Å². The third kappa shape index (κ3) is 5.83. The molecule has 1 aromatic carbocycles. The molecule has 0 fully saturated rings. The van der Waals surface area contributed by atoms with E-state index in [1.165, 1.54) is 12.1 Å². The van der Waals surface area contributed by atoms with Gasteiger partial charge in [-0.2, -0.15) is 0 Å². The fraction of sp³-hybridized carbons (Fsp3) is 0.588. The van der Waals surface area contributed by atoms with Crippen LogP contribution in [0.4, 0.5) is 4.39 Å².